The van der Waals surface area contributed by atoms with E-state index in [1.54, 1.807) is 42.5 Å². The number of carbonyl (C=O) groups is 2. The number of amidine groups is 1. The van der Waals surface area contributed by atoms with Gasteiger partial charge in [0.1, 0.15) is 12.4 Å². The first kappa shape index (κ1) is 36.7. The number of aromatic nitrogens is 2. The Kier molecular flexibility index (Phi) is 14.8. The molecule has 14 heteroatoms. The molecule has 8 N–H and O–H groups in total. The van der Waals surface area contributed by atoms with Crippen molar-refractivity contribution in [3.63, 3.8) is 0 Å². The molecule has 2 aromatic carbocycles. The minimum Gasteiger partial charge on any atom is -0.399 e. The first-order chi connectivity index (χ1) is 22.6. The number of hydrogen-bond donors (Lipinski definition) is 6. The third kappa shape index (κ3) is 12.2. The average molecular weight is 651 g/mol. The molecule has 0 spiro atoms. The number of nitrogen functional groups attached to an aromatic ring is 2. The Labute approximate surface area is 274 Å². The number of hydrogen-bond acceptors (Lipinski definition) is 10. The van der Waals surface area contributed by atoms with Crippen molar-refractivity contribution >= 4 is 29.2 Å². The van der Waals surface area contributed by atoms with Crippen LogP contribution in [-0.2, 0) is 32.1 Å². The van der Waals surface area contributed by atoms with Gasteiger partial charge in [0.25, 0.3) is 11.5 Å². The van der Waals surface area contributed by atoms with Crippen molar-refractivity contribution in [1.82, 2.24) is 20.2 Å². The van der Waals surface area contributed by atoms with Crippen molar-refractivity contribution in [3.05, 3.63) is 75.7 Å². The Morgan fingerprint density at radius 1 is 0.957 bits per heavy atom. The molecular formula is C33H46N8O6. The lowest BCUT2D eigenvalue weighted by Crippen LogP contribution is -2.35. The van der Waals surface area contributed by atoms with Gasteiger partial charge < -0.3 is 41.6 Å². The number of nitrogens with two attached hydrogens (primary N) is 2. The van der Waals surface area contributed by atoms with Crippen LogP contribution in [-0.4, -0.2) is 79.4 Å². The summed E-state index contributed by atoms with van der Waals surface area (Å²) in [5.41, 5.74) is 14.0. The molecule has 0 unspecified atom stereocenters. The predicted octanol–water partition coefficient (Wildman–Crippen LogP) is 2.10. The van der Waals surface area contributed by atoms with Gasteiger partial charge in [0, 0.05) is 54.7 Å². The van der Waals surface area contributed by atoms with Crippen molar-refractivity contribution < 1.29 is 23.8 Å². The summed E-state index contributed by atoms with van der Waals surface area (Å²) in [6, 6.07) is 11.6. The zero-order valence-electron chi connectivity index (χ0n) is 27.3. The van der Waals surface area contributed by atoms with E-state index in [-0.39, 0.29) is 36.7 Å². The van der Waals surface area contributed by atoms with E-state index in [4.69, 9.17) is 31.1 Å². The Balaban J connectivity index is 1.68. The van der Waals surface area contributed by atoms with Gasteiger partial charge >= 0.3 is 0 Å². The summed E-state index contributed by atoms with van der Waals surface area (Å²) in [4.78, 5) is 43.9. The number of benzene rings is 2. The molecule has 3 rings (SSSR count). The summed E-state index contributed by atoms with van der Waals surface area (Å²) in [6.07, 6.45) is 2.08. The van der Waals surface area contributed by atoms with Crippen molar-refractivity contribution in [2.24, 2.45) is 5.73 Å². The van der Waals surface area contributed by atoms with Crippen LogP contribution in [0.25, 0.3) is 11.3 Å². The number of anilines is 2. The summed E-state index contributed by atoms with van der Waals surface area (Å²) >= 11 is 0. The smallest absolute Gasteiger partial charge is 0.294 e. The van der Waals surface area contributed by atoms with Crippen LogP contribution in [0.3, 0.4) is 0 Å². The van der Waals surface area contributed by atoms with Crippen LogP contribution in [0, 0.1) is 5.41 Å². The van der Waals surface area contributed by atoms with E-state index < -0.39 is 11.5 Å². The third-order valence-corrected chi connectivity index (χ3v) is 6.75. The molecule has 47 heavy (non-hydrogen) atoms. The summed E-state index contributed by atoms with van der Waals surface area (Å²) < 4.78 is 17.5. The Hall–Kier alpha value is -4.79. The Morgan fingerprint density at radius 2 is 1.64 bits per heavy atom. The van der Waals surface area contributed by atoms with E-state index in [9.17, 15) is 14.4 Å². The van der Waals surface area contributed by atoms with Gasteiger partial charge in [-0.1, -0.05) is 24.3 Å². The topological polar surface area (TPSA) is 209 Å². The van der Waals surface area contributed by atoms with Crippen LogP contribution in [0.4, 0.5) is 11.5 Å². The van der Waals surface area contributed by atoms with Crippen LogP contribution in [0.15, 0.2) is 53.5 Å². The highest BCUT2D eigenvalue weighted by Gasteiger charge is 2.18. The van der Waals surface area contributed by atoms with Gasteiger partial charge in [-0.2, -0.15) is 0 Å². The Bertz CT molecular complexity index is 1540. The molecule has 0 bridgehead atoms. The molecule has 1 aromatic heterocycles. The molecule has 0 radical (unpaired) electrons. The van der Waals surface area contributed by atoms with E-state index in [0.29, 0.717) is 80.7 Å². The van der Waals surface area contributed by atoms with Crippen LogP contribution in [0.5, 0.6) is 0 Å². The standard InChI is InChI=1S/C33H46N8O6/c1-4-45-12-13-47-15-14-46-11-5-10-37-32(43)26-16-25(17-27(34)18-26)28-20-39-31(40-22(2)3)33(44)41(28)21-29(42)38-19-23-6-8-24(9-7-23)30(35)36/h6-9,16-18,20,22H,4-5,10-15,19,21,34H2,1-3H3,(H3,35,36)(H,37,43)(H,38,42)(H,39,40). The second-order valence-corrected chi connectivity index (χ2v) is 10.9. The predicted molar refractivity (Wildman–Crippen MR) is 181 cm³/mol. The molecule has 3 aromatic rings. The van der Waals surface area contributed by atoms with E-state index >= 15 is 0 Å². The first-order valence-electron chi connectivity index (χ1n) is 15.6. The third-order valence-electron chi connectivity index (χ3n) is 6.75. The monoisotopic (exact) mass is 650 g/mol. The summed E-state index contributed by atoms with van der Waals surface area (Å²) in [5.74, 6) is -0.703. The van der Waals surface area contributed by atoms with Crippen molar-refractivity contribution in [3.8, 4) is 11.3 Å². The molecule has 2 amide bonds. The van der Waals surface area contributed by atoms with E-state index in [2.05, 4.69) is 20.9 Å². The maximum atomic E-state index is 13.5. The normalized spacial score (nSPS) is 11.0. The van der Waals surface area contributed by atoms with Gasteiger partial charge in [-0.15, -0.1) is 0 Å². The van der Waals surface area contributed by atoms with Crippen molar-refractivity contribution in [1.29, 1.82) is 5.41 Å². The fourth-order valence-corrected chi connectivity index (χ4v) is 4.44. The highest BCUT2D eigenvalue weighted by atomic mass is 16.5. The molecule has 254 valence electrons. The highest BCUT2D eigenvalue weighted by molar-refractivity contribution is 5.96. The quantitative estimate of drug-likeness (QED) is 0.0454. The zero-order valence-corrected chi connectivity index (χ0v) is 27.3. The second-order valence-electron chi connectivity index (χ2n) is 10.9. The SMILES string of the molecule is CCOCCOCCOCCCNC(=O)c1cc(N)cc(-c2cnc(NC(C)C)c(=O)n2CC(=O)NCc2ccc(C(=N)N)cc2)c1. The number of nitrogens with one attached hydrogen (secondary N) is 4. The molecule has 0 saturated carbocycles. The molecule has 0 aliphatic carbocycles. The Morgan fingerprint density at radius 3 is 2.30 bits per heavy atom. The van der Waals surface area contributed by atoms with E-state index in [1.807, 2.05) is 20.8 Å². The average Bonchev–Trinajstić information content (AvgIpc) is 3.04. The fourth-order valence-electron chi connectivity index (χ4n) is 4.44. The summed E-state index contributed by atoms with van der Waals surface area (Å²) in [5, 5.41) is 16.2. The lowest BCUT2D eigenvalue weighted by atomic mass is 10.1. The summed E-state index contributed by atoms with van der Waals surface area (Å²) in [7, 11) is 0. The number of ether oxygens (including phenoxy) is 3. The first-order valence-corrected chi connectivity index (χ1v) is 15.6. The molecule has 0 atom stereocenters. The minimum atomic E-state index is -0.495. The molecule has 14 nitrogen and oxygen atoms in total. The fraction of sp³-hybridized carbons (Fsp3) is 0.424. The van der Waals surface area contributed by atoms with Gasteiger partial charge in [0.2, 0.25) is 5.91 Å². The molecule has 1 heterocycles. The lowest BCUT2D eigenvalue weighted by Gasteiger charge is -2.17. The highest BCUT2D eigenvalue weighted by Crippen LogP contribution is 2.23. The molecule has 0 aliphatic heterocycles. The van der Waals surface area contributed by atoms with Gasteiger partial charge in [0.15, 0.2) is 5.82 Å². The van der Waals surface area contributed by atoms with Crippen LogP contribution < -0.4 is 33.0 Å². The minimum absolute atomic E-state index is 0.0467. The lowest BCUT2D eigenvalue weighted by molar-refractivity contribution is -0.121. The van der Waals surface area contributed by atoms with E-state index in [1.165, 1.54) is 10.8 Å². The molecular weight excluding hydrogens is 604 g/mol. The molecule has 0 fully saturated rings. The van der Waals surface area contributed by atoms with Crippen LogP contribution in [0.2, 0.25) is 0 Å². The number of amides is 2. The number of rotatable bonds is 20. The second kappa shape index (κ2) is 19.0. The zero-order chi connectivity index (χ0) is 34.2. The van der Waals surface area contributed by atoms with Crippen molar-refractivity contribution in [2.75, 3.05) is 57.2 Å². The van der Waals surface area contributed by atoms with Crippen molar-refractivity contribution in [2.45, 2.75) is 46.3 Å². The maximum Gasteiger partial charge on any atom is 0.294 e. The van der Waals surface area contributed by atoms with Gasteiger partial charge in [0.05, 0.1) is 38.3 Å². The van der Waals surface area contributed by atoms with Gasteiger partial charge in [-0.05, 0) is 51.0 Å². The molecule has 0 saturated heterocycles. The molecule has 0 aliphatic rings. The number of carbonyl (C=O) groups excluding carboxylic acids is 2. The largest absolute Gasteiger partial charge is 0.399 e. The number of nitrogens with zero attached hydrogens (tertiary/aromatic N) is 2. The van der Waals surface area contributed by atoms with Gasteiger partial charge in [-0.25, -0.2) is 4.98 Å². The van der Waals surface area contributed by atoms with Crippen LogP contribution in [0.1, 0.15) is 48.7 Å². The van der Waals surface area contributed by atoms with Gasteiger partial charge in [-0.3, -0.25) is 24.4 Å². The summed E-state index contributed by atoms with van der Waals surface area (Å²) in [6.45, 7) is 9.07. The van der Waals surface area contributed by atoms with E-state index in [0.717, 1.165) is 5.56 Å². The maximum absolute atomic E-state index is 13.5. The van der Waals surface area contributed by atoms with Crippen LogP contribution >= 0.6 is 0 Å².